The monoisotopic (exact) mass is 330 g/mol. The third-order valence-corrected chi connectivity index (χ3v) is 2.81. The van der Waals surface area contributed by atoms with Gasteiger partial charge in [-0.2, -0.15) is 13.2 Å². The zero-order valence-corrected chi connectivity index (χ0v) is 12.0. The van der Waals surface area contributed by atoms with Crippen LogP contribution in [0.2, 0.25) is 5.02 Å². The molecule has 0 aliphatic heterocycles. The second-order valence-electron chi connectivity index (χ2n) is 4.10. The van der Waals surface area contributed by atoms with Crippen molar-refractivity contribution < 1.29 is 22.7 Å². The summed E-state index contributed by atoms with van der Waals surface area (Å²) in [5.41, 5.74) is -0.170. The molecule has 4 nitrogen and oxygen atoms in total. The first-order chi connectivity index (χ1) is 10.4. The normalized spacial score (nSPS) is 11.7. The Bertz CT molecular complexity index is 673. The molecule has 116 valence electrons. The van der Waals surface area contributed by atoms with Crippen molar-refractivity contribution in [2.75, 3.05) is 7.11 Å². The van der Waals surface area contributed by atoms with Crippen LogP contribution in [0.15, 0.2) is 41.7 Å². The highest BCUT2D eigenvalue weighted by atomic mass is 35.5. The highest BCUT2D eigenvalue weighted by Gasteiger charge is 2.31. The minimum Gasteiger partial charge on any atom is -0.438 e. The number of ether oxygens (including phenoxy) is 1. The third-order valence-electron chi connectivity index (χ3n) is 2.54. The van der Waals surface area contributed by atoms with E-state index in [9.17, 15) is 13.2 Å². The number of halogens is 4. The lowest BCUT2D eigenvalue weighted by Gasteiger charge is -2.10. The predicted octanol–water partition coefficient (Wildman–Crippen LogP) is 4.53. The number of rotatable bonds is 4. The maximum absolute atomic E-state index is 12.5. The lowest BCUT2D eigenvalue weighted by molar-refractivity contribution is -0.137. The summed E-state index contributed by atoms with van der Waals surface area (Å²) in [6.07, 6.45) is -2.34. The van der Waals surface area contributed by atoms with Gasteiger partial charge in [-0.1, -0.05) is 16.8 Å². The van der Waals surface area contributed by atoms with Crippen molar-refractivity contribution in [3.05, 3.63) is 52.7 Å². The predicted molar refractivity (Wildman–Crippen MR) is 75.4 cm³/mol. The molecule has 1 aromatic heterocycles. The summed E-state index contributed by atoms with van der Waals surface area (Å²) in [6.45, 7) is 0. The second-order valence-corrected chi connectivity index (χ2v) is 4.50. The van der Waals surface area contributed by atoms with E-state index < -0.39 is 11.7 Å². The molecule has 0 fully saturated rings. The molecule has 2 aromatic rings. The van der Waals surface area contributed by atoms with Crippen molar-refractivity contribution in [2.24, 2.45) is 5.16 Å². The number of hydrogen-bond donors (Lipinski definition) is 0. The number of hydrogen-bond acceptors (Lipinski definition) is 4. The molecule has 0 unspecified atom stereocenters. The van der Waals surface area contributed by atoms with Gasteiger partial charge in [-0.05, 0) is 35.9 Å². The first kappa shape index (κ1) is 16.1. The summed E-state index contributed by atoms with van der Waals surface area (Å²) in [7, 11) is 1.42. The molecule has 1 heterocycles. The summed E-state index contributed by atoms with van der Waals surface area (Å²) in [6, 6.07) is 7.36. The van der Waals surface area contributed by atoms with E-state index in [4.69, 9.17) is 16.3 Å². The maximum atomic E-state index is 12.5. The van der Waals surface area contributed by atoms with E-state index in [1.807, 2.05) is 0 Å². The summed E-state index contributed by atoms with van der Waals surface area (Å²) in [5, 5.41) is 3.37. The second kappa shape index (κ2) is 6.65. The number of pyridine rings is 1. The van der Waals surface area contributed by atoms with E-state index in [2.05, 4.69) is 15.0 Å². The van der Waals surface area contributed by atoms with Crippen molar-refractivity contribution in [1.82, 2.24) is 4.98 Å². The zero-order chi connectivity index (χ0) is 16.2. The summed E-state index contributed by atoms with van der Waals surface area (Å²) >= 11 is 5.76. The van der Waals surface area contributed by atoms with Gasteiger partial charge in [-0.3, -0.25) is 0 Å². The SMILES string of the molecule is CO/N=C\c1ccc(Oc2ncc(C(F)(F)F)cc2Cl)cc1. The van der Waals surface area contributed by atoms with Gasteiger partial charge < -0.3 is 9.57 Å². The van der Waals surface area contributed by atoms with Crippen LogP contribution >= 0.6 is 11.6 Å². The van der Waals surface area contributed by atoms with Crippen LogP contribution in [-0.4, -0.2) is 18.3 Å². The molecule has 0 radical (unpaired) electrons. The maximum Gasteiger partial charge on any atom is 0.417 e. The third kappa shape index (κ3) is 4.11. The van der Waals surface area contributed by atoms with E-state index in [0.717, 1.165) is 11.6 Å². The van der Waals surface area contributed by atoms with Crippen LogP contribution in [-0.2, 0) is 11.0 Å². The van der Waals surface area contributed by atoms with Crippen LogP contribution < -0.4 is 4.74 Å². The number of oxime groups is 1. The summed E-state index contributed by atoms with van der Waals surface area (Å²) in [5.74, 6) is 0.275. The van der Waals surface area contributed by atoms with Crippen LogP contribution in [0.5, 0.6) is 11.6 Å². The fraction of sp³-hybridized carbons (Fsp3) is 0.143. The lowest BCUT2D eigenvalue weighted by atomic mass is 10.2. The van der Waals surface area contributed by atoms with Gasteiger partial charge in [0.2, 0.25) is 5.88 Å². The molecular formula is C14H10ClF3N2O2. The Hall–Kier alpha value is -2.28. The molecule has 1 aromatic carbocycles. The van der Waals surface area contributed by atoms with Crippen molar-refractivity contribution in [1.29, 1.82) is 0 Å². The van der Waals surface area contributed by atoms with Gasteiger partial charge >= 0.3 is 6.18 Å². The Labute approximate surface area is 129 Å². The zero-order valence-electron chi connectivity index (χ0n) is 11.3. The Morgan fingerprint density at radius 3 is 2.45 bits per heavy atom. The van der Waals surface area contributed by atoms with Crippen LogP contribution in [0.1, 0.15) is 11.1 Å². The molecule has 0 saturated carbocycles. The number of nitrogens with zero attached hydrogens (tertiary/aromatic N) is 2. The van der Waals surface area contributed by atoms with E-state index in [1.54, 1.807) is 24.3 Å². The Balaban J connectivity index is 2.15. The van der Waals surface area contributed by atoms with Crippen LogP contribution in [0.3, 0.4) is 0 Å². The van der Waals surface area contributed by atoms with Gasteiger partial charge in [0.05, 0.1) is 11.8 Å². The lowest BCUT2D eigenvalue weighted by Crippen LogP contribution is -2.05. The van der Waals surface area contributed by atoms with Gasteiger partial charge in [0, 0.05) is 6.20 Å². The molecule has 8 heteroatoms. The largest absolute Gasteiger partial charge is 0.438 e. The summed E-state index contributed by atoms with van der Waals surface area (Å²) < 4.78 is 42.9. The van der Waals surface area contributed by atoms with Gasteiger partial charge in [0.15, 0.2) is 0 Å². The molecule has 0 amide bonds. The number of benzene rings is 1. The molecule has 0 atom stereocenters. The van der Waals surface area contributed by atoms with E-state index in [-0.39, 0.29) is 10.9 Å². The van der Waals surface area contributed by atoms with Crippen LogP contribution in [0.4, 0.5) is 13.2 Å². The van der Waals surface area contributed by atoms with Crippen molar-refractivity contribution in [2.45, 2.75) is 6.18 Å². The summed E-state index contributed by atoms with van der Waals surface area (Å²) in [4.78, 5) is 8.14. The fourth-order valence-electron chi connectivity index (χ4n) is 1.50. The van der Waals surface area contributed by atoms with Crippen molar-refractivity contribution in [3.8, 4) is 11.6 Å². The Morgan fingerprint density at radius 2 is 1.91 bits per heavy atom. The first-order valence-electron chi connectivity index (χ1n) is 5.97. The molecule has 0 bridgehead atoms. The topological polar surface area (TPSA) is 43.7 Å². The quantitative estimate of drug-likeness (QED) is 0.611. The average molecular weight is 331 g/mol. The molecule has 22 heavy (non-hydrogen) atoms. The van der Waals surface area contributed by atoms with Gasteiger partial charge in [0.25, 0.3) is 0 Å². The standard InChI is InChI=1S/C14H10ClF3N2O2/c1-21-20-7-9-2-4-11(5-3-9)22-13-12(15)6-10(8-19-13)14(16,17)18/h2-8H,1H3/b20-7-. The Morgan fingerprint density at radius 1 is 1.23 bits per heavy atom. The van der Waals surface area contributed by atoms with E-state index >= 15 is 0 Å². The van der Waals surface area contributed by atoms with E-state index in [1.165, 1.54) is 13.3 Å². The minimum absolute atomic E-state index is 0.104. The molecular weight excluding hydrogens is 321 g/mol. The number of aromatic nitrogens is 1. The van der Waals surface area contributed by atoms with Crippen LogP contribution in [0.25, 0.3) is 0 Å². The molecule has 2 rings (SSSR count). The smallest absolute Gasteiger partial charge is 0.417 e. The average Bonchev–Trinajstić information content (AvgIpc) is 2.47. The van der Waals surface area contributed by atoms with Crippen molar-refractivity contribution in [3.63, 3.8) is 0 Å². The number of alkyl halides is 3. The Kier molecular flexibility index (Phi) is 4.87. The van der Waals surface area contributed by atoms with Crippen LogP contribution in [0, 0.1) is 0 Å². The van der Waals surface area contributed by atoms with Gasteiger partial charge in [0.1, 0.15) is 17.9 Å². The van der Waals surface area contributed by atoms with Gasteiger partial charge in [-0.15, -0.1) is 0 Å². The van der Waals surface area contributed by atoms with E-state index in [0.29, 0.717) is 11.9 Å². The highest BCUT2D eigenvalue weighted by molar-refractivity contribution is 6.31. The van der Waals surface area contributed by atoms with Gasteiger partial charge in [-0.25, -0.2) is 4.98 Å². The molecule has 0 saturated heterocycles. The molecule has 0 aliphatic rings. The molecule has 0 N–H and O–H groups in total. The fourth-order valence-corrected chi connectivity index (χ4v) is 1.71. The first-order valence-corrected chi connectivity index (χ1v) is 6.35. The van der Waals surface area contributed by atoms with Crippen molar-refractivity contribution >= 4 is 17.8 Å². The minimum atomic E-state index is -4.50. The highest BCUT2D eigenvalue weighted by Crippen LogP contribution is 2.34. The molecule has 0 aliphatic carbocycles. The molecule has 0 spiro atoms.